The molecule has 1 saturated heterocycles. The van der Waals surface area contributed by atoms with E-state index in [0.717, 1.165) is 18.7 Å². The van der Waals surface area contributed by atoms with Gasteiger partial charge in [0.1, 0.15) is 11.9 Å². The normalized spacial score (nSPS) is 15.6. The molecule has 0 saturated carbocycles. The zero-order chi connectivity index (χ0) is 11.7. The van der Waals surface area contributed by atoms with Crippen LogP contribution in [-0.4, -0.2) is 24.1 Å². The van der Waals surface area contributed by atoms with Crippen molar-refractivity contribution in [1.82, 2.24) is 5.32 Å². The molecule has 0 aliphatic carbocycles. The van der Waals surface area contributed by atoms with E-state index in [1.54, 1.807) is 13.0 Å². The Hall–Kier alpha value is -1.62. The number of nitro groups is 1. The van der Waals surface area contributed by atoms with Gasteiger partial charge in [0.2, 0.25) is 0 Å². The Morgan fingerprint density at radius 3 is 2.56 bits per heavy atom. The average molecular weight is 222 g/mol. The first-order chi connectivity index (χ1) is 7.58. The van der Waals surface area contributed by atoms with Crippen LogP contribution in [0.25, 0.3) is 0 Å². The molecule has 2 rings (SSSR count). The molecule has 0 aromatic heterocycles. The van der Waals surface area contributed by atoms with Crippen molar-refractivity contribution in [3.63, 3.8) is 0 Å². The lowest BCUT2D eigenvalue weighted by Crippen LogP contribution is -2.50. The van der Waals surface area contributed by atoms with Crippen molar-refractivity contribution in [3.05, 3.63) is 33.4 Å². The molecule has 1 aromatic carbocycles. The second kappa shape index (κ2) is 4.09. The van der Waals surface area contributed by atoms with Gasteiger partial charge in [0.15, 0.2) is 0 Å². The van der Waals surface area contributed by atoms with Crippen LogP contribution in [0.15, 0.2) is 12.1 Å². The van der Waals surface area contributed by atoms with Crippen LogP contribution in [0.1, 0.15) is 11.1 Å². The lowest BCUT2D eigenvalue weighted by Gasteiger charge is -2.28. The SMILES string of the molecule is Cc1cc(C)c([N+](=O)[O-])cc1OC1CNC1. The number of hydrogen-bond acceptors (Lipinski definition) is 4. The number of nitrogens with one attached hydrogen (secondary N) is 1. The summed E-state index contributed by atoms with van der Waals surface area (Å²) in [6, 6.07) is 3.31. The summed E-state index contributed by atoms with van der Waals surface area (Å²) in [5.41, 5.74) is 1.73. The van der Waals surface area contributed by atoms with Crippen LogP contribution in [0, 0.1) is 24.0 Å². The molecule has 5 nitrogen and oxygen atoms in total. The quantitative estimate of drug-likeness (QED) is 0.622. The summed E-state index contributed by atoms with van der Waals surface area (Å²) < 4.78 is 5.66. The van der Waals surface area contributed by atoms with Crippen molar-refractivity contribution < 1.29 is 9.66 Å². The minimum absolute atomic E-state index is 0.118. The molecule has 0 amide bonds. The minimum Gasteiger partial charge on any atom is -0.487 e. The first-order valence-corrected chi connectivity index (χ1v) is 5.21. The molecule has 0 atom stereocenters. The Bertz CT molecular complexity index is 427. The average Bonchev–Trinajstić information content (AvgIpc) is 2.13. The molecule has 0 unspecified atom stereocenters. The Kier molecular flexibility index (Phi) is 2.78. The van der Waals surface area contributed by atoms with Crippen LogP contribution in [-0.2, 0) is 0 Å². The summed E-state index contributed by atoms with van der Waals surface area (Å²) in [5.74, 6) is 0.615. The number of ether oxygens (including phenoxy) is 1. The topological polar surface area (TPSA) is 64.4 Å². The monoisotopic (exact) mass is 222 g/mol. The highest BCUT2D eigenvalue weighted by Crippen LogP contribution is 2.29. The van der Waals surface area contributed by atoms with Crippen molar-refractivity contribution in [3.8, 4) is 5.75 Å². The molecule has 16 heavy (non-hydrogen) atoms. The molecule has 5 heteroatoms. The third-order valence-corrected chi connectivity index (χ3v) is 2.73. The van der Waals surface area contributed by atoms with Crippen molar-refractivity contribution in [1.29, 1.82) is 0 Å². The van der Waals surface area contributed by atoms with Crippen molar-refractivity contribution in [2.75, 3.05) is 13.1 Å². The summed E-state index contributed by atoms with van der Waals surface area (Å²) in [6.07, 6.45) is 0.140. The summed E-state index contributed by atoms with van der Waals surface area (Å²) in [4.78, 5) is 10.4. The van der Waals surface area contributed by atoms with Gasteiger partial charge in [0, 0.05) is 18.7 Å². The summed E-state index contributed by atoms with van der Waals surface area (Å²) in [6.45, 7) is 5.25. The summed E-state index contributed by atoms with van der Waals surface area (Å²) in [7, 11) is 0. The second-order valence-corrected chi connectivity index (χ2v) is 4.06. The lowest BCUT2D eigenvalue weighted by molar-refractivity contribution is -0.385. The van der Waals surface area contributed by atoms with Gasteiger partial charge < -0.3 is 10.1 Å². The van der Waals surface area contributed by atoms with E-state index in [9.17, 15) is 10.1 Å². The molecule has 0 bridgehead atoms. The smallest absolute Gasteiger partial charge is 0.276 e. The molecular weight excluding hydrogens is 208 g/mol. The fraction of sp³-hybridized carbons (Fsp3) is 0.455. The van der Waals surface area contributed by atoms with Crippen LogP contribution >= 0.6 is 0 Å². The number of rotatable bonds is 3. The minimum atomic E-state index is -0.374. The van der Waals surface area contributed by atoms with Crippen LogP contribution < -0.4 is 10.1 Å². The highest BCUT2D eigenvalue weighted by molar-refractivity contribution is 5.49. The van der Waals surface area contributed by atoms with Crippen LogP contribution in [0.3, 0.4) is 0 Å². The van der Waals surface area contributed by atoms with Gasteiger partial charge in [-0.05, 0) is 25.5 Å². The van der Waals surface area contributed by atoms with Gasteiger partial charge in [-0.2, -0.15) is 0 Å². The number of nitrogens with zero attached hydrogens (tertiary/aromatic N) is 1. The molecule has 1 aliphatic heterocycles. The first-order valence-electron chi connectivity index (χ1n) is 5.21. The molecule has 1 aliphatic rings. The van der Waals surface area contributed by atoms with Gasteiger partial charge in [-0.1, -0.05) is 0 Å². The Labute approximate surface area is 93.6 Å². The fourth-order valence-electron chi connectivity index (χ4n) is 1.67. The van der Waals surface area contributed by atoms with Crippen LogP contribution in [0.5, 0.6) is 5.75 Å². The van der Waals surface area contributed by atoms with E-state index >= 15 is 0 Å². The van der Waals surface area contributed by atoms with E-state index in [-0.39, 0.29) is 16.7 Å². The fourth-order valence-corrected chi connectivity index (χ4v) is 1.67. The van der Waals surface area contributed by atoms with Crippen molar-refractivity contribution >= 4 is 5.69 Å². The maximum atomic E-state index is 10.8. The maximum absolute atomic E-state index is 10.8. The molecule has 1 aromatic rings. The first kappa shape index (κ1) is 10.9. The second-order valence-electron chi connectivity index (χ2n) is 4.06. The van der Waals surface area contributed by atoms with Crippen LogP contribution in [0.4, 0.5) is 5.69 Å². The molecule has 1 heterocycles. The number of aryl methyl sites for hydroxylation is 2. The predicted molar refractivity (Wildman–Crippen MR) is 59.9 cm³/mol. The largest absolute Gasteiger partial charge is 0.487 e. The number of hydrogen-bond donors (Lipinski definition) is 1. The highest BCUT2D eigenvalue weighted by Gasteiger charge is 2.21. The third kappa shape index (κ3) is 1.99. The Morgan fingerprint density at radius 2 is 2.06 bits per heavy atom. The number of nitro benzene ring substituents is 1. The zero-order valence-electron chi connectivity index (χ0n) is 9.32. The maximum Gasteiger partial charge on any atom is 0.276 e. The van der Waals surface area contributed by atoms with Gasteiger partial charge in [0.05, 0.1) is 11.0 Å². The van der Waals surface area contributed by atoms with E-state index < -0.39 is 0 Å². The summed E-state index contributed by atoms with van der Waals surface area (Å²) >= 11 is 0. The Morgan fingerprint density at radius 1 is 1.38 bits per heavy atom. The van der Waals surface area contributed by atoms with E-state index in [4.69, 9.17) is 4.74 Å². The lowest BCUT2D eigenvalue weighted by atomic mass is 10.1. The van der Waals surface area contributed by atoms with Gasteiger partial charge in [-0.25, -0.2) is 0 Å². The highest BCUT2D eigenvalue weighted by atomic mass is 16.6. The van der Waals surface area contributed by atoms with Crippen molar-refractivity contribution in [2.45, 2.75) is 20.0 Å². The Balaban J connectivity index is 2.28. The number of benzene rings is 1. The van der Waals surface area contributed by atoms with E-state index in [1.807, 2.05) is 6.92 Å². The molecule has 0 radical (unpaired) electrons. The molecule has 86 valence electrons. The van der Waals surface area contributed by atoms with E-state index in [1.165, 1.54) is 6.07 Å². The molecule has 1 fully saturated rings. The zero-order valence-corrected chi connectivity index (χ0v) is 9.32. The molecule has 1 N–H and O–H groups in total. The van der Waals surface area contributed by atoms with Gasteiger partial charge in [-0.15, -0.1) is 0 Å². The van der Waals surface area contributed by atoms with Gasteiger partial charge in [-0.3, -0.25) is 10.1 Å². The van der Waals surface area contributed by atoms with E-state index in [0.29, 0.717) is 11.3 Å². The molecular formula is C11H14N2O3. The van der Waals surface area contributed by atoms with Gasteiger partial charge in [0.25, 0.3) is 5.69 Å². The summed E-state index contributed by atoms with van der Waals surface area (Å²) in [5, 5.41) is 13.9. The van der Waals surface area contributed by atoms with E-state index in [2.05, 4.69) is 5.32 Å². The predicted octanol–water partition coefficient (Wildman–Crippen LogP) is 1.56. The third-order valence-electron chi connectivity index (χ3n) is 2.73. The standard InChI is InChI=1S/C11H14N2O3/c1-7-3-8(2)11(4-10(7)13(14)15)16-9-5-12-6-9/h3-4,9,12H,5-6H2,1-2H3. The molecule has 0 spiro atoms. The van der Waals surface area contributed by atoms with Crippen molar-refractivity contribution in [2.24, 2.45) is 0 Å². The van der Waals surface area contributed by atoms with Crippen LogP contribution in [0.2, 0.25) is 0 Å². The van der Waals surface area contributed by atoms with Gasteiger partial charge >= 0.3 is 0 Å².